The van der Waals surface area contributed by atoms with Crippen molar-refractivity contribution < 1.29 is 18.7 Å². The van der Waals surface area contributed by atoms with Crippen LogP contribution in [0.2, 0.25) is 0 Å². The largest absolute Gasteiger partial charge is 0.497 e. The van der Waals surface area contributed by atoms with Crippen molar-refractivity contribution >= 4 is 38.3 Å². The number of aromatic nitrogens is 1. The van der Waals surface area contributed by atoms with Gasteiger partial charge in [-0.05, 0) is 43.2 Å². The zero-order valence-corrected chi connectivity index (χ0v) is 17.1. The molecule has 2 aromatic carbocycles. The molecular weight excluding hydrogens is 393 g/mol. The van der Waals surface area contributed by atoms with E-state index >= 15 is 0 Å². The maximum atomic E-state index is 13.4. The van der Waals surface area contributed by atoms with E-state index in [1.807, 2.05) is 0 Å². The number of rotatable bonds is 5. The fraction of sp³-hybridized carbons (Fsp3) is 0.333. The average molecular weight is 415 g/mol. The smallest absolute Gasteiger partial charge is 0.227 e. The molecule has 0 aliphatic carbocycles. The van der Waals surface area contributed by atoms with E-state index in [0.717, 1.165) is 41.3 Å². The monoisotopic (exact) mass is 415 g/mol. The molecule has 152 valence electrons. The van der Waals surface area contributed by atoms with E-state index in [1.54, 1.807) is 38.5 Å². The summed E-state index contributed by atoms with van der Waals surface area (Å²) in [4.78, 5) is 19.5. The van der Waals surface area contributed by atoms with Crippen molar-refractivity contribution in [1.29, 1.82) is 0 Å². The number of anilines is 2. The number of thiazole rings is 1. The number of nitrogens with one attached hydrogen (secondary N) is 1. The molecule has 0 spiro atoms. The molecule has 1 amide bonds. The summed E-state index contributed by atoms with van der Waals surface area (Å²) in [5.74, 6) is 0.883. The number of halogens is 1. The first kappa shape index (κ1) is 19.4. The number of benzene rings is 2. The lowest BCUT2D eigenvalue weighted by Crippen LogP contribution is -2.38. The minimum absolute atomic E-state index is 0.0254. The predicted octanol–water partition coefficient (Wildman–Crippen LogP) is 4.31. The van der Waals surface area contributed by atoms with Crippen LogP contribution < -0.4 is 19.7 Å². The fourth-order valence-corrected chi connectivity index (χ4v) is 4.54. The molecule has 1 aromatic heterocycles. The van der Waals surface area contributed by atoms with Gasteiger partial charge in [-0.2, -0.15) is 0 Å². The molecule has 0 bridgehead atoms. The first-order valence-corrected chi connectivity index (χ1v) is 10.2. The van der Waals surface area contributed by atoms with Crippen LogP contribution in [-0.2, 0) is 4.79 Å². The van der Waals surface area contributed by atoms with Crippen LogP contribution in [0.1, 0.15) is 12.8 Å². The molecule has 1 aliphatic rings. The van der Waals surface area contributed by atoms with E-state index < -0.39 is 0 Å². The Morgan fingerprint density at radius 2 is 1.97 bits per heavy atom. The first-order valence-electron chi connectivity index (χ1n) is 9.41. The van der Waals surface area contributed by atoms with Gasteiger partial charge in [0.1, 0.15) is 17.3 Å². The van der Waals surface area contributed by atoms with E-state index in [1.165, 1.54) is 23.5 Å². The lowest BCUT2D eigenvalue weighted by atomic mass is 9.96. The molecule has 1 aliphatic heterocycles. The summed E-state index contributed by atoms with van der Waals surface area (Å²) < 4.78 is 24.8. The summed E-state index contributed by atoms with van der Waals surface area (Å²) in [6, 6.07) is 9.95. The Balaban J connectivity index is 1.40. The Kier molecular flexibility index (Phi) is 5.53. The molecule has 0 unspecified atom stereocenters. The number of nitrogens with zero attached hydrogens (tertiary/aromatic N) is 2. The van der Waals surface area contributed by atoms with Gasteiger partial charge in [-0.1, -0.05) is 11.3 Å². The summed E-state index contributed by atoms with van der Waals surface area (Å²) in [5, 5.41) is 3.85. The van der Waals surface area contributed by atoms with Gasteiger partial charge in [0.25, 0.3) is 0 Å². The van der Waals surface area contributed by atoms with Gasteiger partial charge in [0.05, 0.1) is 30.1 Å². The number of fused-ring (bicyclic) bond motifs is 1. The molecule has 1 saturated heterocycles. The van der Waals surface area contributed by atoms with Gasteiger partial charge < -0.3 is 19.7 Å². The van der Waals surface area contributed by atoms with Gasteiger partial charge in [-0.15, -0.1) is 0 Å². The molecule has 3 aromatic rings. The number of carbonyl (C=O) groups is 1. The van der Waals surface area contributed by atoms with Crippen LogP contribution in [0.5, 0.6) is 11.5 Å². The summed E-state index contributed by atoms with van der Waals surface area (Å²) in [6.45, 7) is 1.46. The number of ether oxygens (including phenoxy) is 2. The Hall–Kier alpha value is -2.87. The third-order valence-electron chi connectivity index (χ3n) is 5.14. The molecular formula is C21H22FN3O3S. The normalized spacial score (nSPS) is 14.8. The van der Waals surface area contributed by atoms with Gasteiger partial charge in [0, 0.05) is 25.1 Å². The van der Waals surface area contributed by atoms with Crippen LogP contribution >= 0.6 is 11.3 Å². The maximum Gasteiger partial charge on any atom is 0.227 e. The van der Waals surface area contributed by atoms with Crippen molar-refractivity contribution in [2.24, 2.45) is 5.92 Å². The van der Waals surface area contributed by atoms with E-state index in [2.05, 4.69) is 15.2 Å². The summed E-state index contributed by atoms with van der Waals surface area (Å²) >= 11 is 1.48. The first-order chi connectivity index (χ1) is 14.1. The van der Waals surface area contributed by atoms with Gasteiger partial charge in [-0.3, -0.25) is 4.79 Å². The molecule has 1 fully saturated rings. The van der Waals surface area contributed by atoms with E-state index in [-0.39, 0.29) is 17.6 Å². The van der Waals surface area contributed by atoms with Crippen molar-refractivity contribution in [3.05, 3.63) is 42.2 Å². The molecule has 1 N–H and O–H groups in total. The molecule has 2 heterocycles. The Morgan fingerprint density at radius 3 is 2.69 bits per heavy atom. The van der Waals surface area contributed by atoms with Crippen LogP contribution in [-0.4, -0.2) is 38.2 Å². The Morgan fingerprint density at radius 1 is 1.17 bits per heavy atom. The highest BCUT2D eigenvalue weighted by Gasteiger charge is 2.27. The van der Waals surface area contributed by atoms with E-state index in [0.29, 0.717) is 17.2 Å². The van der Waals surface area contributed by atoms with Crippen molar-refractivity contribution in [3.63, 3.8) is 0 Å². The van der Waals surface area contributed by atoms with Gasteiger partial charge in [0.2, 0.25) is 5.91 Å². The number of amides is 1. The van der Waals surface area contributed by atoms with E-state index in [9.17, 15) is 9.18 Å². The quantitative estimate of drug-likeness (QED) is 0.673. The maximum absolute atomic E-state index is 13.4. The second-order valence-electron chi connectivity index (χ2n) is 6.93. The minimum Gasteiger partial charge on any atom is -0.497 e. The van der Waals surface area contributed by atoms with E-state index in [4.69, 9.17) is 9.47 Å². The van der Waals surface area contributed by atoms with Crippen molar-refractivity contribution in [2.75, 3.05) is 37.5 Å². The van der Waals surface area contributed by atoms with Crippen LogP contribution in [0.4, 0.5) is 15.2 Å². The SMILES string of the molecule is COc1ccc(OC)c(NC(=O)C2CCN(c3nc4ccc(F)cc4s3)CC2)c1. The van der Waals surface area contributed by atoms with Gasteiger partial charge in [0.15, 0.2) is 5.13 Å². The number of carbonyl (C=O) groups excluding carboxylic acids is 1. The fourth-order valence-electron chi connectivity index (χ4n) is 3.50. The standard InChI is InChI=1S/C21H22FN3O3S/c1-27-15-4-6-18(28-2)17(12-15)23-20(26)13-7-9-25(10-8-13)21-24-16-5-3-14(22)11-19(16)29-21/h3-6,11-13H,7-10H2,1-2H3,(H,23,26). The predicted molar refractivity (Wildman–Crippen MR) is 113 cm³/mol. The Labute approximate surface area is 172 Å². The second kappa shape index (κ2) is 8.24. The lowest BCUT2D eigenvalue weighted by Gasteiger charge is -2.31. The summed E-state index contributed by atoms with van der Waals surface area (Å²) in [6.07, 6.45) is 1.45. The summed E-state index contributed by atoms with van der Waals surface area (Å²) in [5.41, 5.74) is 1.41. The molecule has 6 nitrogen and oxygen atoms in total. The molecule has 29 heavy (non-hydrogen) atoms. The molecule has 8 heteroatoms. The van der Waals surface area contributed by atoms with Crippen LogP contribution in [0.3, 0.4) is 0 Å². The molecule has 0 atom stereocenters. The zero-order chi connectivity index (χ0) is 20.4. The van der Waals surface area contributed by atoms with Gasteiger partial charge >= 0.3 is 0 Å². The minimum atomic E-state index is -0.254. The summed E-state index contributed by atoms with van der Waals surface area (Å²) in [7, 11) is 3.15. The average Bonchev–Trinajstić information content (AvgIpc) is 3.17. The third kappa shape index (κ3) is 4.12. The second-order valence-corrected chi connectivity index (χ2v) is 7.93. The van der Waals surface area contributed by atoms with Crippen LogP contribution in [0, 0.1) is 11.7 Å². The number of hydrogen-bond acceptors (Lipinski definition) is 6. The number of methoxy groups -OCH3 is 2. The van der Waals surface area contributed by atoms with Crippen LogP contribution in [0.15, 0.2) is 36.4 Å². The lowest BCUT2D eigenvalue weighted by molar-refractivity contribution is -0.120. The molecule has 0 saturated carbocycles. The highest BCUT2D eigenvalue weighted by atomic mass is 32.1. The van der Waals surface area contributed by atoms with Crippen molar-refractivity contribution in [2.45, 2.75) is 12.8 Å². The Bertz CT molecular complexity index is 1030. The topological polar surface area (TPSA) is 63.7 Å². The highest BCUT2D eigenvalue weighted by Crippen LogP contribution is 2.33. The number of piperidine rings is 1. The highest BCUT2D eigenvalue weighted by molar-refractivity contribution is 7.22. The van der Waals surface area contributed by atoms with Crippen LogP contribution in [0.25, 0.3) is 10.2 Å². The third-order valence-corrected chi connectivity index (χ3v) is 6.22. The van der Waals surface area contributed by atoms with Gasteiger partial charge in [-0.25, -0.2) is 9.37 Å². The van der Waals surface area contributed by atoms with Crippen molar-refractivity contribution in [1.82, 2.24) is 4.98 Å². The molecule has 0 radical (unpaired) electrons. The zero-order valence-electron chi connectivity index (χ0n) is 16.3. The number of hydrogen-bond donors (Lipinski definition) is 1. The molecule has 4 rings (SSSR count). The van der Waals surface area contributed by atoms with Crippen molar-refractivity contribution in [3.8, 4) is 11.5 Å².